The van der Waals surface area contributed by atoms with Crippen LogP contribution in [0.4, 0.5) is 20.2 Å². The maximum absolute atomic E-state index is 13.4. The van der Waals surface area contributed by atoms with E-state index in [1.165, 1.54) is 12.1 Å². The van der Waals surface area contributed by atoms with Crippen LogP contribution in [0.15, 0.2) is 36.4 Å². The van der Waals surface area contributed by atoms with Crippen LogP contribution < -0.4 is 10.6 Å². The van der Waals surface area contributed by atoms with Gasteiger partial charge in [0, 0.05) is 22.5 Å². The van der Waals surface area contributed by atoms with Crippen molar-refractivity contribution in [2.24, 2.45) is 0 Å². The lowest BCUT2D eigenvalue weighted by Gasteiger charge is -2.04. The number of nitrogens with one attached hydrogen (secondary N) is 2. The third-order valence-electron chi connectivity index (χ3n) is 4.66. The first kappa shape index (κ1) is 14.8. The normalized spacial score (nSPS) is 18.2. The molecule has 2 heterocycles. The van der Waals surface area contributed by atoms with Gasteiger partial charge in [-0.3, -0.25) is 9.59 Å². The van der Waals surface area contributed by atoms with E-state index in [4.69, 9.17) is 0 Å². The molecular weight excluding hydrogens is 314 g/mol. The van der Waals surface area contributed by atoms with Gasteiger partial charge in [0.25, 0.3) is 0 Å². The molecule has 4 nitrogen and oxygen atoms in total. The fourth-order valence-electron chi connectivity index (χ4n) is 3.28. The molecule has 2 aliphatic heterocycles. The quantitative estimate of drug-likeness (QED) is 0.780. The van der Waals surface area contributed by atoms with E-state index in [0.717, 1.165) is 12.8 Å². The lowest BCUT2D eigenvalue weighted by atomic mass is 9.97. The Morgan fingerprint density at radius 3 is 2.21 bits per heavy atom. The maximum atomic E-state index is 13.4. The molecule has 2 aromatic carbocycles. The van der Waals surface area contributed by atoms with Crippen molar-refractivity contribution in [3.8, 4) is 0 Å². The van der Waals surface area contributed by atoms with Crippen LogP contribution in [0.25, 0.3) is 0 Å². The third-order valence-corrected chi connectivity index (χ3v) is 4.66. The van der Waals surface area contributed by atoms with Crippen LogP contribution in [0, 0.1) is 11.6 Å². The first-order chi connectivity index (χ1) is 11.5. The molecule has 0 aromatic heterocycles. The van der Waals surface area contributed by atoms with Crippen LogP contribution in [0.5, 0.6) is 0 Å². The number of halogens is 2. The molecule has 24 heavy (non-hydrogen) atoms. The molecule has 2 aromatic rings. The van der Waals surface area contributed by atoms with Gasteiger partial charge in [-0.1, -0.05) is 12.1 Å². The summed E-state index contributed by atoms with van der Waals surface area (Å²) in [6, 6.07) is 9.43. The van der Waals surface area contributed by atoms with E-state index < -0.39 is 5.41 Å². The van der Waals surface area contributed by atoms with Crippen molar-refractivity contribution in [1.29, 1.82) is 0 Å². The van der Waals surface area contributed by atoms with Crippen LogP contribution in [-0.2, 0) is 21.4 Å². The van der Waals surface area contributed by atoms with E-state index >= 15 is 0 Å². The van der Waals surface area contributed by atoms with Crippen molar-refractivity contribution >= 4 is 23.2 Å². The van der Waals surface area contributed by atoms with E-state index in [2.05, 4.69) is 10.6 Å². The second-order valence-corrected chi connectivity index (χ2v) is 6.19. The monoisotopic (exact) mass is 328 g/mol. The number of amides is 2. The highest BCUT2D eigenvalue weighted by Crippen LogP contribution is 2.55. The van der Waals surface area contributed by atoms with Crippen molar-refractivity contribution in [3.05, 3.63) is 59.2 Å². The minimum absolute atomic E-state index is 0.0346. The molecule has 5 rings (SSSR count). The van der Waals surface area contributed by atoms with Gasteiger partial charge < -0.3 is 10.6 Å². The van der Waals surface area contributed by atoms with Gasteiger partial charge in [-0.25, -0.2) is 8.78 Å². The minimum atomic E-state index is -0.499. The predicted octanol–water partition coefficient (Wildman–Crippen LogP) is 3.13. The Balaban J connectivity index is 0.000000123. The third kappa shape index (κ3) is 2.18. The second kappa shape index (κ2) is 5.12. The molecule has 0 saturated heterocycles. The lowest BCUT2D eigenvalue weighted by Crippen LogP contribution is -2.19. The molecule has 0 unspecified atom stereocenters. The van der Waals surface area contributed by atoms with Crippen molar-refractivity contribution < 1.29 is 18.4 Å². The average Bonchev–Trinajstić information content (AvgIpc) is 3.15. The number of carbonyl (C=O) groups excluding carboxylic acids is 2. The van der Waals surface area contributed by atoms with E-state index in [1.54, 1.807) is 24.3 Å². The van der Waals surface area contributed by atoms with E-state index in [1.807, 2.05) is 0 Å². The van der Waals surface area contributed by atoms with Crippen LogP contribution in [0.3, 0.4) is 0 Å². The summed E-state index contributed by atoms with van der Waals surface area (Å²) in [6.45, 7) is 0. The Bertz CT molecular complexity index is 875. The molecule has 1 spiro atoms. The van der Waals surface area contributed by atoms with Gasteiger partial charge in [-0.05, 0) is 37.1 Å². The van der Waals surface area contributed by atoms with E-state index in [0.29, 0.717) is 22.5 Å². The largest absolute Gasteiger partial charge is 0.325 e. The van der Waals surface area contributed by atoms with Crippen LogP contribution in [0.2, 0.25) is 0 Å². The number of anilines is 2. The Hall–Kier alpha value is -2.76. The smallest absolute Gasteiger partial charge is 0.235 e. The van der Waals surface area contributed by atoms with Crippen molar-refractivity contribution in [3.63, 3.8) is 0 Å². The zero-order chi connectivity index (χ0) is 16.9. The van der Waals surface area contributed by atoms with Crippen LogP contribution >= 0.6 is 0 Å². The van der Waals surface area contributed by atoms with Gasteiger partial charge in [0.2, 0.25) is 11.8 Å². The van der Waals surface area contributed by atoms with Crippen molar-refractivity contribution in [2.45, 2.75) is 24.7 Å². The summed E-state index contributed by atoms with van der Waals surface area (Å²) in [5.74, 6) is -0.730. The first-order valence-corrected chi connectivity index (χ1v) is 7.69. The van der Waals surface area contributed by atoms with Gasteiger partial charge in [-0.2, -0.15) is 0 Å². The first-order valence-electron chi connectivity index (χ1n) is 7.69. The molecule has 2 amide bonds. The Labute approximate surface area is 136 Å². The van der Waals surface area contributed by atoms with Gasteiger partial charge in [0.05, 0.1) is 11.8 Å². The lowest BCUT2D eigenvalue weighted by molar-refractivity contribution is -0.118. The van der Waals surface area contributed by atoms with Crippen LogP contribution in [0.1, 0.15) is 24.0 Å². The predicted molar refractivity (Wildman–Crippen MR) is 84.7 cm³/mol. The Kier molecular flexibility index (Phi) is 3.16. The average molecular weight is 328 g/mol. The molecule has 0 radical (unpaired) electrons. The zero-order valence-corrected chi connectivity index (χ0v) is 12.7. The Morgan fingerprint density at radius 2 is 1.54 bits per heavy atom. The number of carbonyl (C=O) groups is 2. The Morgan fingerprint density at radius 1 is 0.875 bits per heavy atom. The summed E-state index contributed by atoms with van der Waals surface area (Å²) in [6.07, 6.45) is 1.74. The van der Waals surface area contributed by atoms with Gasteiger partial charge >= 0.3 is 0 Å². The van der Waals surface area contributed by atoms with E-state index in [9.17, 15) is 18.4 Å². The number of hydrogen-bond donors (Lipinski definition) is 2. The SMILES string of the molecule is O=C1Cc2c(F)cccc2N1.O=C1Nc2cccc(F)c2C12CC2. The molecule has 6 heteroatoms. The highest BCUT2D eigenvalue weighted by Gasteiger charge is 2.57. The van der Waals surface area contributed by atoms with Crippen molar-refractivity contribution in [2.75, 3.05) is 10.6 Å². The fraction of sp³-hybridized carbons (Fsp3) is 0.222. The summed E-state index contributed by atoms with van der Waals surface area (Å²) in [5, 5.41) is 5.27. The summed E-state index contributed by atoms with van der Waals surface area (Å²) < 4.78 is 26.3. The summed E-state index contributed by atoms with van der Waals surface area (Å²) >= 11 is 0. The molecule has 1 saturated carbocycles. The molecular formula is C18H14F2N2O2. The molecule has 0 bridgehead atoms. The number of benzene rings is 2. The highest BCUT2D eigenvalue weighted by molar-refractivity contribution is 6.08. The molecule has 3 aliphatic rings. The van der Waals surface area contributed by atoms with Gasteiger partial charge in [0.15, 0.2) is 0 Å². The highest BCUT2D eigenvalue weighted by atomic mass is 19.1. The number of hydrogen-bond acceptors (Lipinski definition) is 2. The molecule has 1 fully saturated rings. The molecule has 0 atom stereocenters. The van der Waals surface area contributed by atoms with Gasteiger partial charge in [-0.15, -0.1) is 0 Å². The maximum Gasteiger partial charge on any atom is 0.235 e. The summed E-state index contributed by atoms with van der Waals surface area (Å²) in [7, 11) is 0. The van der Waals surface area contributed by atoms with Gasteiger partial charge in [0.1, 0.15) is 11.6 Å². The topological polar surface area (TPSA) is 58.2 Å². The zero-order valence-electron chi connectivity index (χ0n) is 12.7. The number of rotatable bonds is 0. The summed E-state index contributed by atoms with van der Waals surface area (Å²) in [4.78, 5) is 22.3. The molecule has 1 aliphatic carbocycles. The summed E-state index contributed by atoms with van der Waals surface area (Å²) in [5.41, 5.74) is 1.83. The minimum Gasteiger partial charge on any atom is -0.325 e. The molecule has 2 N–H and O–H groups in total. The standard InChI is InChI=1S/C10H8FNO.C8H6FNO/c11-6-2-1-3-7-8(6)10(4-5-10)9(13)12-7;9-6-2-1-3-7-5(6)4-8(11)10-7/h1-3H,4-5H2,(H,12,13);1-3H,4H2,(H,10,11). The van der Waals surface area contributed by atoms with Crippen molar-refractivity contribution in [1.82, 2.24) is 0 Å². The van der Waals surface area contributed by atoms with Crippen LogP contribution in [-0.4, -0.2) is 11.8 Å². The second-order valence-electron chi connectivity index (χ2n) is 6.19. The molecule has 122 valence electrons. The van der Waals surface area contributed by atoms with E-state index in [-0.39, 0.29) is 29.9 Å². The fourth-order valence-corrected chi connectivity index (χ4v) is 3.28. The number of fused-ring (bicyclic) bond motifs is 3.